The molecule has 1 aliphatic rings. The molecule has 2 rings (SSSR count). The van der Waals surface area contributed by atoms with Gasteiger partial charge in [0.25, 0.3) is 0 Å². The standard InChI is InChI=1S/C18H25N3O2/c1-14-5-4-6-16(11-14)23-10-9-21(3)12-17(22)20-18(2,13-19)15-7-8-15/h4-6,11,15H,7-10,12H2,1-3H3,(H,20,22). The van der Waals surface area contributed by atoms with Crippen molar-refractivity contribution in [3.63, 3.8) is 0 Å². The van der Waals surface area contributed by atoms with E-state index < -0.39 is 5.54 Å². The van der Waals surface area contributed by atoms with Crippen LogP contribution in [0.15, 0.2) is 24.3 Å². The quantitative estimate of drug-likeness (QED) is 0.798. The van der Waals surface area contributed by atoms with Gasteiger partial charge in [0.05, 0.1) is 12.6 Å². The summed E-state index contributed by atoms with van der Waals surface area (Å²) in [6.07, 6.45) is 2.04. The number of nitrogens with one attached hydrogen (secondary N) is 1. The number of nitriles is 1. The molecule has 0 bridgehead atoms. The third-order valence-corrected chi connectivity index (χ3v) is 4.17. The molecule has 0 heterocycles. The predicted octanol–water partition coefficient (Wildman–Crippen LogP) is 2.11. The Hall–Kier alpha value is -2.06. The molecule has 0 aliphatic heterocycles. The molecule has 1 atom stereocenters. The molecule has 1 aromatic rings. The van der Waals surface area contributed by atoms with Gasteiger partial charge in [-0.15, -0.1) is 0 Å². The van der Waals surface area contributed by atoms with Crippen LogP contribution in [0.2, 0.25) is 0 Å². The molecule has 1 aliphatic carbocycles. The van der Waals surface area contributed by atoms with Gasteiger partial charge in [-0.2, -0.15) is 5.26 Å². The van der Waals surface area contributed by atoms with Crippen molar-refractivity contribution < 1.29 is 9.53 Å². The number of rotatable bonds is 8. The summed E-state index contributed by atoms with van der Waals surface area (Å²) in [5, 5.41) is 12.1. The predicted molar refractivity (Wildman–Crippen MR) is 89.1 cm³/mol. The molecule has 1 saturated carbocycles. The normalized spacial score (nSPS) is 16.5. The maximum Gasteiger partial charge on any atom is 0.235 e. The minimum absolute atomic E-state index is 0.112. The van der Waals surface area contributed by atoms with Gasteiger partial charge in [0.2, 0.25) is 5.91 Å². The molecule has 23 heavy (non-hydrogen) atoms. The fourth-order valence-corrected chi connectivity index (χ4v) is 2.56. The first-order valence-corrected chi connectivity index (χ1v) is 8.03. The highest BCUT2D eigenvalue weighted by molar-refractivity contribution is 5.79. The van der Waals surface area contributed by atoms with Crippen LogP contribution in [-0.4, -0.2) is 43.1 Å². The third-order valence-electron chi connectivity index (χ3n) is 4.17. The molecule has 5 heteroatoms. The number of ether oxygens (including phenoxy) is 1. The van der Waals surface area contributed by atoms with Crippen LogP contribution in [0.4, 0.5) is 0 Å². The summed E-state index contributed by atoms with van der Waals surface area (Å²) in [5.41, 5.74) is 0.432. The Labute approximate surface area is 138 Å². The van der Waals surface area contributed by atoms with Crippen LogP contribution in [0.25, 0.3) is 0 Å². The van der Waals surface area contributed by atoms with Crippen LogP contribution >= 0.6 is 0 Å². The summed E-state index contributed by atoms with van der Waals surface area (Å²) in [6.45, 7) is 5.26. The lowest BCUT2D eigenvalue weighted by Crippen LogP contribution is -2.50. The first-order valence-electron chi connectivity index (χ1n) is 8.03. The summed E-state index contributed by atoms with van der Waals surface area (Å²) in [5.74, 6) is 1.03. The zero-order chi connectivity index (χ0) is 16.9. The Morgan fingerprint density at radius 3 is 2.87 bits per heavy atom. The van der Waals surface area contributed by atoms with Gasteiger partial charge < -0.3 is 10.1 Å². The monoisotopic (exact) mass is 315 g/mol. The highest BCUT2D eigenvalue weighted by Gasteiger charge is 2.42. The summed E-state index contributed by atoms with van der Waals surface area (Å²) in [6, 6.07) is 10.1. The molecular formula is C18H25N3O2. The zero-order valence-electron chi connectivity index (χ0n) is 14.1. The number of likely N-dealkylation sites (N-methyl/N-ethyl adjacent to an activating group) is 1. The molecule has 1 aromatic carbocycles. The summed E-state index contributed by atoms with van der Waals surface area (Å²) < 4.78 is 5.68. The van der Waals surface area contributed by atoms with E-state index in [0.29, 0.717) is 19.1 Å². The molecule has 1 unspecified atom stereocenters. The molecule has 0 aromatic heterocycles. The molecule has 1 N–H and O–H groups in total. The lowest BCUT2D eigenvalue weighted by Gasteiger charge is -2.24. The molecule has 0 saturated heterocycles. The maximum absolute atomic E-state index is 12.1. The van der Waals surface area contributed by atoms with E-state index in [9.17, 15) is 10.1 Å². The van der Waals surface area contributed by atoms with Gasteiger partial charge in [-0.05, 0) is 57.4 Å². The number of carbonyl (C=O) groups is 1. The Kier molecular flexibility index (Phi) is 5.62. The van der Waals surface area contributed by atoms with E-state index in [1.165, 1.54) is 0 Å². The highest BCUT2D eigenvalue weighted by atomic mass is 16.5. The number of hydrogen-bond acceptors (Lipinski definition) is 4. The molecule has 5 nitrogen and oxygen atoms in total. The molecule has 1 fully saturated rings. The average molecular weight is 315 g/mol. The van der Waals surface area contributed by atoms with Crippen molar-refractivity contribution in [2.45, 2.75) is 32.2 Å². The largest absolute Gasteiger partial charge is 0.492 e. The minimum Gasteiger partial charge on any atom is -0.492 e. The van der Waals surface area contributed by atoms with E-state index in [-0.39, 0.29) is 12.5 Å². The van der Waals surface area contributed by atoms with Crippen LogP contribution in [-0.2, 0) is 4.79 Å². The van der Waals surface area contributed by atoms with Gasteiger partial charge in [-0.1, -0.05) is 12.1 Å². The van der Waals surface area contributed by atoms with Crippen LogP contribution < -0.4 is 10.1 Å². The van der Waals surface area contributed by atoms with Crippen molar-refractivity contribution in [3.8, 4) is 11.8 Å². The zero-order valence-corrected chi connectivity index (χ0v) is 14.1. The topological polar surface area (TPSA) is 65.4 Å². The number of aryl methyl sites for hydroxylation is 1. The maximum atomic E-state index is 12.1. The first kappa shape index (κ1) is 17.3. The number of carbonyl (C=O) groups excluding carboxylic acids is 1. The van der Waals surface area contributed by atoms with Gasteiger partial charge >= 0.3 is 0 Å². The van der Waals surface area contributed by atoms with Crippen molar-refractivity contribution in [2.24, 2.45) is 5.92 Å². The Bertz CT molecular complexity index is 592. The first-order chi connectivity index (χ1) is 10.9. The van der Waals surface area contributed by atoms with Gasteiger partial charge in [0.15, 0.2) is 0 Å². The van der Waals surface area contributed by atoms with E-state index in [4.69, 9.17) is 4.74 Å². The molecular weight excluding hydrogens is 290 g/mol. The number of nitrogens with zero attached hydrogens (tertiary/aromatic N) is 2. The van der Waals surface area contributed by atoms with E-state index in [0.717, 1.165) is 24.2 Å². The summed E-state index contributed by atoms with van der Waals surface area (Å²) in [4.78, 5) is 14.0. The Morgan fingerprint density at radius 1 is 1.52 bits per heavy atom. The smallest absolute Gasteiger partial charge is 0.235 e. The van der Waals surface area contributed by atoms with Gasteiger partial charge in [0.1, 0.15) is 17.9 Å². The van der Waals surface area contributed by atoms with E-state index in [1.54, 1.807) is 0 Å². The van der Waals surface area contributed by atoms with E-state index in [1.807, 2.05) is 50.1 Å². The summed E-state index contributed by atoms with van der Waals surface area (Å²) >= 11 is 0. The van der Waals surface area contributed by atoms with Crippen LogP contribution in [0.3, 0.4) is 0 Å². The second-order valence-corrected chi connectivity index (χ2v) is 6.54. The van der Waals surface area contributed by atoms with Gasteiger partial charge in [-0.3, -0.25) is 9.69 Å². The van der Waals surface area contributed by atoms with Crippen molar-refractivity contribution in [3.05, 3.63) is 29.8 Å². The number of amides is 1. The SMILES string of the molecule is Cc1cccc(OCCN(C)CC(=O)NC(C)(C#N)C2CC2)c1. The highest BCUT2D eigenvalue weighted by Crippen LogP contribution is 2.39. The fourth-order valence-electron chi connectivity index (χ4n) is 2.56. The Morgan fingerprint density at radius 2 is 2.26 bits per heavy atom. The minimum atomic E-state index is -0.726. The van der Waals surface area contributed by atoms with E-state index in [2.05, 4.69) is 11.4 Å². The fraction of sp³-hybridized carbons (Fsp3) is 0.556. The second kappa shape index (κ2) is 7.47. The van der Waals surface area contributed by atoms with Crippen LogP contribution in [0.5, 0.6) is 5.75 Å². The van der Waals surface area contributed by atoms with Gasteiger partial charge in [0, 0.05) is 6.54 Å². The second-order valence-electron chi connectivity index (χ2n) is 6.54. The lowest BCUT2D eigenvalue weighted by molar-refractivity contribution is -0.123. The number of hydrogen-bond donors (Lipinski definition) is 1. The van der Waals surface area contributed by atoms with Crippen molar-refractivity contribution in [1.82, 2.24) is 10.2 Å². The van der Waals surface area contributed by atoms with Crippen LogP contribution in [0, 0.1) is 24.2 Å². The van der Waals surface area contributed by atoms with Crippen molar-refractivity contribution in [2.75, 3.05) is 26.7 Å². The van der Waals surface area contributed by atoms with Crippen molar-refractivity contribution >= 4 is 5.91 Å². The van der Waals surface area contributed by atoms with Gasteiger partial charge in [-0.25, -0.2) is 0 Å². The average Bonchev–Trinajstić information content (AvgIpc) is 3.32. The summed E-state index contributed by atoms with van der Waals surface area (Å²) in [7, 11) is 1.88. The van der Waals surface area contributed by atoms with Crippen molar-refractivity contribution in [1.29, 1.82) is 5.26 Å². The van der Waals surface area contributed by atoms with Crippen LogP contribution in [0.1, 0.15) is 25.3 Å². The Balaban J connectivity index is 1.71. The molecule has 124 valence electrons. The molecule has 1 amide bonds. The third kappa shape index (κ3) is 5.26. The lowest BCUT2D eigenvalue weighted by atomic mass is 9.98. The molecule has 0 spiro atoms. The number of benzene rings is 1. The molecule has 0 radical (unpaired) electrons. The van der Waals surface area contributed by atoms with E-state index >= 15 is 0 Å².